The summed E-state index contributed by atoms with van der Waals surface area (Å²) >= 11 is -1.86. The third-order valence-corrected chi connectivity index (χ3v) is 2.47. The normalized spacial score (nSPS) is 31.9. The third-order valence-electron chi connectivity index (χ3n) is 1.52. The molecule has 0 spiro atoms. The fourth-order valence-corrected chi connectivity index (χ4v) is 1.60. The van der Waals surface area contributed by atoms with Gasteiger partial charge in [-0.2, -0.15) is 0 Å². The lowest BCUT2D eigenvalue weighted by Crippen LogP contribution is -2.36. The minimum atomic E-state index is -1.86. The molecule has 1 N–H and O–H groups in total. The van der Waals surface area contributed by atoms with E-state index in [1.165, 1.54) is 0 Å². The Hall–Kier alpha value is 0.0700. The van der Waals surface area contributed by atoms with E-state index in [-0.39, 0.29) is 5.25 Å². The van der Waals surface area contributed by atoms with Crippen molar-refractivity contribution in [1.82, 2.24) is 5.32 Å². The molecule has 0 amide bonds. The van der Waals surface area contributed by atoms with Gasteiger partial charge in [0.05, 0.1) is 0 Å². The summed E-state index contributed by atoms with van der Waals surface area (Å²) in [5, 5.41) is 2.88. The van der Waals surface area contributed by atoms with E-state index in [0.717, 1.165) is 19.4 Å². The monoisotopic (exact) mass is 148 g/mol. The molecule has 1 saturated heterocycles. The first-order valence-corrected chi connectivity index (χ1v) is 4.23. The maximum atomic E-state index is 10.3. The molecule has 0 aromatic heterocycles. The van der Waals surface area contributed by atoms with E-state index in [0.29, 0.717) is 6.54 Å². The van der Waals surface area contributed by atoms with Gasteiger partial charge in [0, 0.05) is 11.8 Å². The smallest absolute Gasteiger partial charge is 0.0341 e. The zero-order chi connectivity index (χ0) is 6.69. The van der Waals surface area contributed by atoms with Gasteiger partial charge >= 0.3 is 0 Å². The Morgan fingerprint density at radius 3 is 2.78 bits per heavy atom. The highest BCUT2D eigenvalue weighted by Gasteiger charge is 2.12. The molecule has 0 bridgehead atoms. The predicted molar refractivity (Wildman–Crippen MR) is 34.8 cm³/mol. The molecule has 4 heteroatoms. The fourth-order valence-electron chi connectivity index (χ4n) is 0.984. The van der Waals surface area contributed by atoms with E-state index >= 15 is 0 Å². The van der Waals surface area contributed by atoms with Crippen LogP contribution in [0.25, 0.3) is 0 Å². The van der Waals surface area contributed by atoms with Crippen LogP contribution in [0.15, 0.2) is 0 Å². The highest BCUT2D eigenvalue weighted by molar-refractivity contribution is 7.79. The molecule has 0 aliphatic carbocycles. The Morgan fingerprint density at radius 2 is 2.44 bits per heavy atom. The SMILES string of the molecule is O=S([O-])[C@H]1CCCNC1. The molecule has 54 valence electrons. The minimum Gasteiger partial charge on any atom is -0.772 e. The van der Waals surface area contributed by atoms with E-state index < -0.39 is 11.1 Å². The first-order valence-electron chi connectivity index (χ1n) is 3.09. The quantitative estimate of drug-likeness (QED) is 0.516. The third kappa shape index (κ3) is 2.04. The lowest BCUT2D eigenvalue weighted by Gasteiger charge is -2.24. The van der Waals surface area contributed by atoms with Crippen molar-refractivity contribution in [3.8, 4) is 0 Å². The van der Waals surface area contributed by atoms with Crippen LogP contribution in [0.3, 0.4) is 0 Å². The Bertz CT molecular complexity index is 112. The average molecular weight is 148 g/mol. The lowest BCUT2D eigenvalue weighted by molar-refractivity contribution is 0.471. The molecular weight excluding hydrogens is 138 g/mol. The molecule has 1 aliphatic rings. The van der Waals surface area contributed by atoms with Crippen molar-refractivity contribution in [2.45, 2.75) is 18.1 Å². The van der Waals surface area contributed by atoms with Crippen molar-refractivity contribution >= 4 is 11.1 Å². The summed E-state index contributed by atoms with van der Waals surface area (Å²) in [4.78, 5) is 0. The molecular formula is C5H10NO2S-. The number of hydrogen-bond acceptors (Lipinski definition) is 3. The first kappa shape index (κ1) is 7.18. The van der Waals surface area contributed by atoms with Gasteiger partial charge in [0.15, 0.2) is 0 Å². The molecule has 1 fully saturated rings. The van der Waals surface area contributed by atoms with Crippen LogP contribution in [0.1, 0.15) is 12.8 Å². The maximum absolute atomic E-state index is 10.3. The van der Waals surface area contributed by atoms with Crippen LogP contribution in [0, 0.1) is 0 Å². The van der Waals surface area contributed by atoms with E-state index in [1.807, 2.05) is 0 Å². The first-order chi connectivity index (χ1) is 4.30. The number of rotatable bonds is 1. The van der Waals surface area contributed by atoms with E-state index in [9.17, 15) is 8.76 Å². The molecule has 9 heavy (non-hydrogen) atoms. The van der Waals surface area contributed by atoms with Crippen molar-refractivity contribution in [3.63, 3.8) is 0 Å². The summed E-state index contributed by atoms with van der Waals surface area (Å²) in [6.07, 6.45) is 1.81. The van der Waals surface area contributed by atoms with Crippen LogP contribution in [0.5, 0.6) is 0 Å². The van der Waals surface area contributed by atoms with Gasteiger partial charge in [-0.3, -0.25) is 4.21 Å². The standard InChI is InChI=1S/C5H11NO2S/c7-9(8)5-2-1-3-6-4-5/h5-6H,1-4H2,(H,7,8)/p-1/t5-/m0/s1. The summed E-state index contributed by atoms with van der Waals surface area (Å²) in [5.41, 5.74) is 0. The van der Waals surface area contributed by atoms with Gasteiger partial charge in [0.2, 0.25) is 0 Å². The molecule has 0 aromatic rings. The number of nitrogens with one attached hydrogen (secondary N) is 1. The highest BCUT2D eigenvalue weighted by atomic mass is 32.2. The van der Waals surface area contributed by atoms with Crippen LogP contribution < -0.4 is 5.32 Å². The average Bonchev–Trinajstić information content (AvgIpc) is 1.90. The predicted octanol–water partition coefficient (Wildman–Crippen LogP) is -0.383. The second-order valence-electron chi connectivity index (χ2n) is 2.23. The van der Waals surface area contributed by atoms with Crippen molar-refractivity contribution in [2.24, 2.45) is 0 Å². The molecule has 1 rings (SSSR count). The Morgan fingerprint density at radius 1 is 1.67 bits per heavy atom. The number of piperidine rings is 1. The molecule has 1 aliphatic heterocycles. The van der Waals surface area contributed by atoms with Crippen LogP contribution in [-0.2, 0) is 11.1 Å². The molecule has 3 nitrogen and oxygen atoms in total. The fraction of sp³-hybridized carbons (Fsp3) is 1.00. The van der Waals surface area contributed by atoms with Gasteiger partial charge in [0.25, 0.3) is 0 Å². The van der Waals surface area contributed by atoms with Crippen LogP contribution in [0.4, 0.5) is 0 Å². The van der Waals surface area contributed by atoms with Gasteiger partial charge in [0.1, 0.15) is 0 Å². The van der Waals surface area contributed by atoms with Crippen molar-refractivity contribution in [2.75, 3.05) is 13.1 Å². The van der Waals surface area contributed by atoms with E-state index in [1.54, 1.807) is 0 Å². The molecule has 1 unspecified atom stereocenters. The molecule has 0 radical (unpaired) electrons. The second kappa shape index (κ2) is 3.29. The number of hydrogen-bond donors (Lipinski definition) is 1. The van der Waals surface area contributed by atoms with Crippen LogP contribution >= 0.6 is 0 Å². The van der Waals surface area contributed by atoms with Crippen LogP contribution in [-0.4, -0.2) is 27.1 Å². The van der Waals surface area contributed by atoms with Crippen molar-refractivity contribution in [1.29, 1.82) is 0 Å². The minimum absolute atomic E-state index is 0.140. The zero-order valence-corrected chi connectivity index (χ0v) is 5.95. The molecule has 2 atom stereocenters. The Balaban J connectivity index is 2.31. The largest absolute Gasteiger partial charge is 0.772 e. The van der Waals surface area contributed by atoms with Gasteiger partial charge in [-0.15, -0.1) is 0 Å². The Labute approximate surface area is 57.1 Å². The summed E-state index contributed by atoms with van der Waals surface area (Å²) in [5.74, 6) is 0. The zero-order valence-electron chi connectivity index (χ0n) is 5.13. The lowest BCUT2D eigenvalue weighted by atomic mass is 10.2. The second-order valence-corrected chi connectivity index (χ2v) is 3.42. The highest BCUT2D eigenvalue weighted by Crippen LogP contribution is 2.05. The van der Waals surface area contributed by atoms with E-state index in [2.05, 4.69) is 5.32 Å². The Kier molecular flexibility index (Phi) is 2.63. The topological polar surface area (TPSA) is 52.2 Å². The van der Waals surface area contributed by atoms with Gasteiger partial charge in [-0.1, -0.05) is 11.1 Å². The molecule has 0 saturated carbocycles. The summed E-state index contributed by atoms with van der Waals surface area (Å²) in [6, 6.07) is 0. The van der Waals surface area contributed by atoms with Gasteiger partial charge < -0.3 is 9.87 Å². The van der Waals surface area contributed by atoms with Crippen molar-refractivity contribution in [3.05, 3.63) is 0 Å². The maximum Gasteiger partial charge on any atom is 0.0341 e. The summed E-state index contributed by atoms with van der Waals surface area (Å²) < 4.78 is 20.6. The van der Waals surface area contributed by atoms with Crippen LogP contribution in [0.2, 0.25) is 0 Å². The van der Waals surface area contributed by atoms with Gasteiger partial charge in [-0.25, -0.2) is 0 Å². The summed E-state index contributed by atoms with van der Waals surface area (Å²) in [6.45, 7) is 1.60. The van der Waals surface area contributed by atoms with Crippen molar-refractivity contribution < 1.29 is 8.76 Å². The van der Waals surface area contributed by atoms with E-state index in [4.69, 9.17) is 0 Å². The molecule has 0 aromatic carbocycles. The summed E-state index contributed by atoms with van der Waals surface area (Å²) in [7, 11) is 0. The van der Waals surface area contributed by atoms with Gasteiger partial charge in [-0.05, 0) is 19.4 Å². The molecule has 1 heterocycles.